The molecule has 1 fully saturated rings. The van der Waals surface area contributed by atoms with E-state index in [9.17, 15) is 19.2 Å². The molecule has 3 aromatic rings. The first-order chi connectivity index (χ1) is 18.2. The Morgan fingerprint density at radius 2 is 1.68 bits per heavy atom. The fourth-order valence-electron chi connectivity index (χ4n) is 3.73. The molecule has 1 N–H and O–H groups in total. The molecule has 0 radical (unpaired) electrons. The number of hydrogen-bond acceptors (Lipinski definition) is 7. The van der Waals surface area contributed by atoms with E-state index in [4.69, 9.17) is 21.1 Å². The molecular formula is C28H23ClN2O7. The molecule has 3 aromatic carbocycles. The zero-order valence-electron chi connectivity index (χ0n) is 20.7. The second-order valence-electron chi connectivity index (χ2n) is 8.30. The number of aryl methyl sites for hydroxylation is 1. The van der Waals surface area contributed by atoms with E-state index in [0.29, 0.717) is 17.1 Å². The van der Waals surface area contributed by atoms with E-state index < -0.39 is 23.8 Å². The Labute approximate surface area is 223 Å². The average molecular weight is 535 g/mol. The summed E-state index contributed by atoms with van der Waals surface area (Å²) in [6, 6.07) is 15.6. The fraction of sp³-hybridized carbons (Fsp3) is 0.143. The van der Waals surface area contributed by atoms with Gasteiger partial charge in [-0.1, -0.05) is 41.4 Å². The van der Waals surface area contributed by atoms with Gasteiger partial charge >= 0.3 is 12.0 Å². The van der Waals surface area contributed by atoms with Gasteiger partial charge in [0.2, 0.25) is 0 Å². The predicted molar refractivity (Wildman–Crippen MR) is 140 cm³/mol. The maximum atomic E-state index is 13.2. The molecule has 0 unspecified atom stereocenters. The van der Waals surface area contributed by atoms with Crippen molar-refractivity contribution in [3.63, 3.8) is 0 Å². The van der Waals surface area contributed by atoms with Crippen LogP contribution in [0.5, 0.6) is 11.5 Å². The van der Waals surface area contributed by atoms with Gasteiger partial charge in [-0.05, 0) is 60.5 Å². The van der Waals surface area contributed by atoms with Crippen molar-refractivity contribution in [2.24, 2.45) is 0 Å². The first kappa shape index (κ1) is 26.4. The topological polar surface area (TPSA) is 111 Å². The third kappa shape index (κ3) is 5.52. The zero-order chi connectivity index (χ0) is 27.4. The SMILES string of the molecule is COC(=O)c1ccc(N2C(=O)NC(=O)/C(=C\c3cc(Cl)c(OCc4ccc(C)cc4)c(OC)c3)C2=O)cc1. The van der Waals surface area contributed by atoms with E-state index in [0.717, 1.165) is 16.0 Å². The lowest BCUT2D eigenvalue weighted by Gasteiger charge is -2.26. The molecule has 0 atom stereocenters. The van der Waals surface area contributed by atoms with Crippen LogP contribution < -0.4 is 19.7 Å². The van der Waals surface area contributed by atoms with E-state index in [-0.39, 0.29) is 28.5 Å². The highest BCUT2D eigenvalue weighted by atomic mass is 35.5. The molecule has 4 rings (SSSR count). The zero-order valence-corrected chi connectivity index (χ0v) is 21.5. The number of hydrogen-bond donors (Lipinski definition) is 1. The molecule has 1 aliphatic heterocycles. The molecule has 0 aliphatic carbocycles. The second kappa shape index (κ2) is 11.2. The quantitative estimate of drug-likeness (QED) is 0.266. The van der Waals surface area contributed by atoms with Crippen LogP contribution in [0.4, 0.5) is 10.5 Å². The predicted octanol–water partition coefficient (Wildman–Crippen LogP) is 4.69. The first-order valence-corrected chi connectivity index (χ1v) is 11.8. The van der Waals surface area contributed by atoms with E-state index >= 15 is 0 Å². The third-order valence-electron chi connectivity index (χ3n) is 5.71. The number of nitrogens with zero attached hydrogens (tertiary/aromatic N) is 1. The number of barbiturate groups is 1. The van der Waals surface area contributed by atoms with Gasteiger partial charge in [-0.15, -0.1) is 0 Å². The second-order valence-corrected chi connectivity index (χ2v) is 8.71. The van der Waals surface area contributed by atoms with Crippen molar-refractivity contribution in [3.05, 3.63) is 93.5 Å². The molecule has 9 nitrogen and oxygen atoms in total. The largest absolute Gasteiger partial charge is 0.493 e. The van der Waals surface area contributed by atoms with Crippen LogP contribution in [-0.2, 0) is 20.9 Å². The van der Waals surface area contributed by atoms with Gasteiger partial charge in [0.1, 0.15) is 12.2 Å². The molecule has 194 valence electrons. The number of carbonyl (C=O) groups excluding carboxylic acids is 4. The molecule has 38 heavy (non-hydrogen) atoms. The van der Waals surface area contributed by atoms with Crippen LogP contribution in [0.2, 0.25) is 5.02 Å². The van der Waals surface area contributed by atoms with Gasteiger partial charge in [-0.25, -0.2) is 14.5 Å². The van der Waals surface area contributed by atoms with Crippen LogP contribution >= 0.6 is 11.6 Å². The van der Waals surface area contributed by atoms with Crippen LogP contribution in [0.1, 0.15) is 27.0 Å². The maximum Gasteiger partial charge on any atom is 0.337 e. The van der Waals surface area contributed by atoms with E-state index in [1.165, 1.54) is 50.6 Å². The lowest BCUT2D eigenvalue weighted by Crippen LogP contribution is -2.54. The third-order valence-corrected chi connectivity index (χ3v) is 6.00. The van der Waals surface area contributed by atoms with Gasteiger partial charge in [-0.3, -0.25) is 14.9 Å². The summed E-state index contributed by atoms with van der Waals surface area (Å²) in [6.45, 7) is 2.24. The molecule has 0 spiro atoms. The first-order valence-electron chi connectivity index (χ1n) is 11.4. The Hall–Kier alpha value is -4.63. The number of ether oxygens (including phenoxy) is 3. The van der Waals surface area contributed by atoms with Crippen LogP contribution in [-0.4, -0.2) is 38.0 Å². The Morgan fingerprint density at radius 3 is 2.32 bits per heavy atom. The minimum atomic E-state index is -0.918. The van der Waals surface area contributed by atoms with Crippen molar-refractivity contribution < 1.29 is 33.4 Å². The van der Waals surface area contributed by atoms with Crippen molar-refractivity contribution >= 4 is 47.2 Å². The molecule has 1 heterocycles. The highest BCUT2D eigenvalue weighted by molar-refractivity contribution is 6.39. The van der Waals surface area contributed by atoms with Crippen molar-refractivity contribution in [1.82, 2.24) is 5.32 Å². The summed E-state index contributed by atoms with van der Waals surface area (Å²) >= 11 is 6.47. The van der Waals surface area contributed by atoms with Crippen molar-refractivity contribution in [2.75, 3.05) is 19.1 Å². The molecule has 4 amide bonds. The van der Waals surface area contributed by atoms with Crippen molar-refractivity contribution in [1.29, 1.82) is 0 Å². The van der Waals surface area contributed by atoms with Crippen molar-refractivity contribution in [3.8, 4) is 11.5 Å². The van der Waals surface area contributed by atoms with Crippen molar-refractivity contribution in [2.45, 2.75) is 13.5 Å². The molecule has 1 saturated heterocycles. The Morgan fingerprint density at radius 1 is 1.00 bits per heavy atom. The summed E-state index contributed by atoms with van der Waals surface area (Å²) in [7, 11) is 2.68. The van der Waals surface area contributed by atoms with Crippen LogP contribution in [0.3, 0.4) is 0 Å². The normalized spacial score (nSPS) is 14.4. The lowest BCUT2D eigenvalue weighted by atomic mass is 10.1. The number of methoxy groups -OCH3 is 2. The monoisotopic (exact) mass is 534 g/mol. The Kier molecular flexibility index (Phi) is 7.78. The number of anilines is 1. The number of imide groups is 2. The molecule has 0 aromatic heterocycles. The summed E-state index contributed by atoms with van der Waals surface area (Å²) in [5.41, 5.74) is 2.54. The summed E-state index contributed by atoms with van der Waals surface area (Å²) in [5.74, 6) is -1.68. The fourth-order valence-corrected chi connectivity index (χ4v) is 4.00. The molecule has 1 aliphatic rings. The van der Waals surface area contributed by atoms with Gasteiger partial charge in [0, 0.05) is 0 Å². The van der Waals surface area contributed by atoms with Crippen LogP contribution in [0.15, 0.2) is 66.2 Å². The van der Waals surface area contributed by atoms with E-state index in [2.05, 4.69) is 10.1 Å². The minimum Gasteiger partial charge on any atom is -0.493 e. The Balaban J connectivity index is 1.61. The minimum absolute atomic E-state index is 0.161. The summed E-state index contributed by atoms with van der Waals surface area (Å²) in [5, 5.41) is 2.36. The van der Waals surface area contributed by atoms with Crippen LogP contribution in [0.25, 0.3) is 6.08 Å². The Bertz CT molecular complexity index is 1450. The van der Waals surface area contributed by atoms with Gasteiger partial charge in [0.05, 0.1) is 30.5 Å². The smallest absolute Gasteiger partial charge is 0.337 e. The molecule has 0 saturated carbocycles. The van der Waals surface area contributed by atoms with Gasteiger partial charge in [0.25, 0.3) is 11.8 Å². The number of amides is 4. The number of carbonyl (C=O) groups is 4. The number of nitrogens with one attached hydrogen (secondary N) is 1. The highest BCUT2D eigenvalue weighted by Gasteiger charge is 2.37. The number of halogens is 1. The van der Waals surface area contributed by atoms with E-state index in [1.54, 1.807) is 6.07 Å². The molecule has 10 heteroatoms. The average Bonchev–Trinajstić information content (AvgIpc) is 2.91. The number of esters is 1. The van der Waals surface area contributed by atoms with Gasteiger partial charge < -0.3 is 14.2 Å². The van der Waals surface area contributed by atoms with Crippen LogP contribution in [0, 0.1) is 6.92 Å². The number of benzene rings is 3. The molecule has 0 bridgehead atoms. The van der Waals surface area contributed by atoms with Gasteiger partial charge in [-0.2, -0.15) is 0 Å². The number of urea groups is 1. The maximum absolute atomic E-state index is 13.2. The summed E-state index contributed by atoms with van der Waals surface area (Å²) < 4.78 is 16.0. The molecular weight excluding hydrogens is 512 g/mol. The number of rotatable bonds is 7. The van der Waals surface area contributed by atoms with E-state index in [1.807, 2.05) is 31.2 Å². The lowest BCUT2D eigenvalue weighted by molar-refractivity contribution is -0.122. The summed E-state index contributed by atoms with van der Waals surface area (Å²) in [6.07, 6.45) is 1.30. The van der Waals surface area contributed by atoms with Gasteiger partial charge in [0.15, 0.2) is 11.5 Å². The standard InChI is InChI=1S/C28H23ClN2O7/c1-16-4-6-17(7-5-16)15-38-24-22(29)13-18(14-23(24)36-2)12-21-25(32)30-28(35)31(26(21)33)20-10-8-19(9-11-20)27(34)37-3/h4-14H,15H2,1-3H3,(H,30,32,35)/b21-12+. The highest BCUT2D eigenvalue weighted by Crippen LogP contribution is 2.38. The summed E-state index contributed by atoms with van der Waals surface area (Å²) in [4.78, 5) is 50.8.